The fourth-order valence-electron chi connectivity index (χ4n) is 1.82. The highest BCUT2D eigenvalue weighted by atomic mass is 32.2. The van der Waals surface area contributed by atoms with E-state index in [1.807, 2.05) is 19.9 Å². The van der Waals surface area contributed by atoms with E-state index in [1.165, 1.54) is 0 Å². The number of sulfonamides is 1. The second kappa shape index (κ2) is 4.38. The maximum Gasteiger partial charge on any atom is 0.216 e. The van der Waals surface area contributed by atoms with E-state index >= 15 is 0 Å². The molecule has 1 N–H and O–H groups in total. The number of rotatable bonds is 4. The summed E-state index contributed by atoms with van der Waals surface area (Å²) in [5.74, 6) is -0.0364. The molecule has 1 aromatic rings. The van der Waals surface area contributed by atoms with Crippen molar-refractivity contribution >= 4 is 10.0 Å². The normalized spacial score (nSPS) is 21.3. The minimum absolute atomic E-state index is 0.0364. The van der Waals surface area contributed by atoms with E-state index in [1.54, 1.807) is 24.3 Å². The fraction of sp³-hybridized carbons (Fsp3) is 0.462. The van der Waals surface area contributed by atoms with Gasteiger partial charge < -0.3 is 0 Å². The number of nitrogens with zero attached hydrogens (tertiary/aromatic N) is 1. The Kier molecular flexibility index (Phi) is 3.18. The Bertz CT molecular complexity index is 582. The van der Waals surface area contributed by atoms with E-state index in [0.717, 1.165) is 6.42 Å². The van der Waals surface area contributed by atoms with Gasteiger partial charge in [0.15, 0.2) is 0 Å². The van der Waals surface area contributed by atoms with E-state index in [2.05, 4.69) is 4.72 Å². The third-order valence-electron chi connectivity index (χ3n) is 3.27. The molecule has 1 fully saturated rings. The van der Waals surface area contributed by atoms with Crippen LogP contribution in [0.2, 0.25) is 0 Å². The zero-order chi connectivity index (χ0) is 13.4. The SMILES string of the molecule is CC1(C)CC1NS(=O)(=O)Cc1ccc(C#N)cc1. The summed E-state index contributed by atoms with van der Waals surface area (Å²) in [5.41, 5.74) is 1.31. The zero-order valence-electron chi connectivity index (χ0n) is 10.5. The van der Waals surface area contributed by atoms with E-state index in [4.69, 9.17) is 5.26 Å². The molecule has 0 bridgehead atoms. The summed E-state index contributed by atoms with van der Waals surface area (Å²) in [6.07, 6.45) is 0.888. The first kappa shape index (κ1) is 13.1. The van der Waals surface area contributed by atoms with Crippen LogP contribution in [0.25, 0.3) is 0 Å². The molecule has 1 aromatic carbocycles. The van der Waals surface area contributed by atoms with Crippen molar-refractivity contribution in [2.45, 2.75) is 32.1 Å². The van der Waals surface area contributed by atoms with Gasteiger partial charge in [-0.15, -0.1) is 0 Å². The summed E-state index contributed by atoms with van der Waals surface area (Å²) in [4.78, 5) is 0. The third-order valence-corrected chi connectivity index (χ3v) is 4.63. The summed E-state index contributed by atoms with van der Waals surface area (Å²) in [6, 6.07) is 8.68. The van der Waals surface area contributed by atoms with Crippen molar-refractivity contribution in [3.63, 3.8) is 0 Å². The largest absolute Gasteiger partial charge is 0.216 e. The third kappa shape index (κ3) is 3.09. The van der Waals surface area contributed by atoms with Crippen molar-refractivity contribution in [2.75, 3.05) is 0 Å². The Morgan fingerprint density at radius 1 is 1.39 bits per heavy atom. The second-order valence-corrected chi connectivity index (χ2v) is 7.18. The van der Waals surface area contributed by atoms with Crippen LogP contribution in [-0.4, -0.2) is 14.5 Å². The van der Waals surface area contributed by atoms with Crippen LogP contribution in [0.15, 0.2) is 24.3 Å². The first-order chi connectivity index (χ1) is 8.32. The van der Waals surface area contributed by atoms with Crippen molar-refractivity contribution < 1.29 is 8.42 Å². The lowest BCUT2D eigenvalue weighted by atomic mass is 10.2. The number of hydrogen-bond acceptors (Lipinski definition) is 3. The van der Waals surface area contributed by atoms with Crippen molar-refractivity contribution in [1.29, 1.82) is 5.26 Å². The predicted molar refractivity (Wildman–Crippen MR) is 69.1 cm³/mol. The van der Waals surface area contributed by atoms with Crippen molar-refractivity contribution in [3.8, 4) is 6.07 Å². The summed E-state index contributed by atoms with van der Waals surface area (Å²) >= 11 is 0. The van der Waals surface area contributed by atoms with E-state index in [0.29, 0.717) is 11.1 Å². The molecule has 4 nitrogen and oxygen atoms in total. The predicted octanol–water partition coefficient (Wildman–Crippen LogP) is 1.78. The Labute approximate surface area is 108 Å². The molecule has 0 heterocycles. The molecule has 1 atom stereocenters. The van der Waals surface area contributed by atoms with Gasteiger partial charge >= 0.3 is 0 Å². The van der Waals surface area contributed by atoms with Crippen LogP contribution in [-0.2, 0) is 15.8 Å². The van der Waals surface area contributed by atoms with Gasteiger partial charge in [-0.25, -0.2) is 13.1 Å². The average Bonchev–Trinajstić information content (AvgIpc) is 2.85. The fourth-order valence-corrected chi connectivity index (χ4v) is 3.37. The lowest BCUT2D eigenvalue weighted by molar-refractivity contribution is 0.554. The Balaban J connectivity index is 2.02. The Morgan fingerprint density at radius 2 is 1.94 bits per heavy atom. The van der Waals surface area contributed by atoms with Gasteiger partial charge in [0.2, 0.25) is 10.0 Å². The van der Waals surface area contributed by atoms with E-state index in [-0.39, 0.29) is 17.2 Å². The molecule has 1 unspecified atom stereocenters. The van der Waals surface area contributed by atoms with Gasteiger partial charge in [-0.2, -0.15) is 5.26 Å². The lowest BCUT2D eigenvalue weighted by Gasteiger charge is -2.08. The van der Waals surface area contributed by atoms with Crippen molar-refractivity contribution in [2.24, 2.45) is 5.41 Å². The molecular formula is C13H16N2O2S. The molecule has 0 spiro atoms. The zero-order valence-corrected chi connectivity index (χ0v) is 11.3. The van der Waals surface area contributed by atoms with Gasteiger partial charge in [-0.05, 0) is 29.5 Å². The number of nitriles is 1. The van der Waals surface area contributed by atoms with Crippen LogP contribution in [0.3, 0.4) is 0 Å². The summed E-state index contributed by atoms with van der Waals surface area (Å²) < 4.78 is 26.5. The summed E-state index contributed by atoms with van der Waals surface area (Å²) in [7, 11) is -3.29. The van der Waals surface area contributed by atoms with Crippen LogP contribution >= 0.6 is 0 Å². The monoisotopic (exact) mass is 264 g/mol. The quantitative estimate of drug-likeness (QED) is 0.901. The molecule has 1 saturated carbocycles. The summed E-state index contributed by atoms with van der Waals surface area (Å²) in [5, 5.41) is 8.67. The number of hydrogen-bond donors (Lipinski definition) is 1. The average molecular weight is 264 g/mol. The lowest BCUT2D eigenvalue weighted by Crippen LogP contribution is -2.29. The molecule has 0 aliphatic heterocycles. The van der Waals surface area contributed by atoms with Crippen LogP contribution in [0, 0.1) is 16.7 Å². The van der Waals surface area contributed by atoms with Crippen LogP contribution < -0.4 is 4.72 Å². The molecule has 1 aliphatic carbocycles. The minimum Gasteiger partial charge on any atom is -0.212 e. The highest BCUT2D eigenvalue weighted by Crippen LogP contribution is 2.45. The van der Waals surface area contributed by atoms with Crippen LogP contribution in [0.4, 0.5) is 0 Å². The molecule has 0 radical (unpaired) electrons. The minimum atomic E-state index is -3.29. The standard InChI is InChI=1S/C13H16N2O2S/c1-13(2)7-12(13)15-18(16,17)9-11-5-3-10(8-14)4-6-11/h3-6,12,15H,7,9H2,1-2H3. The smallest absolute Gasteiger partial charge is 0.212 e. The molecule has 96 valence electrons. The van der Waals surface area contributed by atoms with Gasteiger partial charge in [-0.1, -0.05) is 26.0 Å². The van der Waals surface area contributed by atoms with Gasteiger partial charge in [0.1, 0.15) is 0 Å². The van der Waals surface area contributed by atoms with Gasteiger partial charge in [0, 0.05) is 6.04 Å². The van der Waals surface area contributed by atoms with Crippen molar-refractivity contribution in [1.82, 2.24) is 4.72 Å². The summed E-state index contributed by atoms with van der Waals surface area (Å²) in [6.45, 7) is 4.09. The number of benzene rings is 1. The maximum absolute atomic E-state index is 11.9. The van der Waals surface area contributed by atoms with Crippen LogP contribution in [0.5, 0.6) is 0 Å². The van der Waals surface area contributed by atoms with Crippen LogP contribution in [0.1, 0.15) is 31.4 Å². The first-order valence-corrected chi connectivity index (χ1v) is 7.47. The molecule has 5 heteroatoms. The highest BCUT2D eigenvalue weighted by molar-refractivity contribution is 7.88. The van der Waals surface area contributed by atoms with E-state index in [9.17, 15) is 8.42 Å². The molecule has 18 heavy (non-hydrogen) atoms. The molecule has 0 saturated heterocycles. The molecular weight excluding hydrogens is 248 g/mol. The Hall–Kier alpha value is -1.38. The van der Waals surface area contributed by atoms with Gasteiger partial charge in [0.25, 0.3) is 0 Å². The molecule has 0 amide bonds. The topological polar surface area (TPSA) is 70.0 Å². The Morgan fingerprint density at radius 3 is 2.39 bits per heavy atom. The second-order valence-electron chi connectivity index (χ2n) is 5.43. The highest BCUT2D eigenvalue weighted by Gasteiger charge is 2.47. The van der Waals surface area contributed by atoms with E-state index < -0.39 is 10.0 Å². The van der Waals surface area contributed by atoms with Gasteiger partial charge in [0.05, 0.1) is 17.4 Å². The van der Waals surface area contributed by atoms with Crippen molar-refractivity contribution in [3.05, 3.63) is 35.4 Å². The van der Waals surface area contributed by atoms with Gasteiger partial charge in [-0.3, -0.25) is 0 Å². The molecule has 2 rings (SSSR count). The maximum atomic E-state index is 11.9. The molecule has 0 aromatic heterocycles. The molecule has 1 aliphatic rings. The first-order valence-electron chi connectivity index (χ1n) is 5.81. The number of nitrogens with one attached hydrogen (secondary N) is 1.